The van der Waals surface area contributed by atoms with E-state index in [-0.39, 0.29) is 5.78 Å². The first-order valence-corrected chi connectivity index (χ1v) is 6.68. The summed E-state index contributed by atoms with van der Waals surface area (Å²) in [6.07, 6.45) is 1.37. The fraction of sp³-hybridized carbons (Fsp3) is 0.438. The van der Waals surface area contributed by atoms with Gasteiger partial charge in [0.15, 0.2) is 11.6 Å². The first kappa shape index (κ1) is 15.3. The van der Waals surface area contributed by atoms with Crippen molar-refractivity contribution < 1.29 is 4.79 Å². The standard InChI is InChI=1S/C16H22N2O/c1-6-12-10-13(16(17-5)18-11(3)4)8-9-14(12)15(19)7-2/h8-10H,6-7H2,1-5H3. The largest absolute Gasteiger partial charge is 0.294 e. The Morgan fingerprint density at radius 3 is 2.37 bits per heavy atom. The van der Waals surface area contributed by atoms with Crippen LogP contribution in [0.2, 0.25) is 0 Å². The Hall–Kier alpha value is -1.77. The average molecular weight is 258 g/mol. The van der Waals surface area contributed by atoms with Gasteiger partial charge in [-0.3, -0.25) is 9.79 Å². The van der Waals surface area contributed by atoms with Crippen LogP contribution >= 0.6 is 0 Å². The van der Waals surface area contributed by atoms with Crippen molar-refractivity contribution in [1.82, 2.24) is 0 Å². The molecule has 0 aliphatic rings. The molecule has 0 heterocycles. The summed E-state index contributed by atoms with van der Waals surface area (Å²) in [4.78, 5) is 20.5. The van der Waals surface area contributed by atoms with Crippen molar-refractivity contribution in [3.05, 3.63) is 34.9 Å². The maximum Gasteiger partial charge on any atom is 0.162 e. The van der Waals surface area contributed by atoms with Crippen molar-refractivity contribution in [2.75, 3.05) is 7.05 Å². The Morgan fingerprint density at radius 1 is 1.21 bits per heavy atom. The first-order chi connectivity index (χ1) is 9.03. The van der Waals surface area contributed by atoms with E-state index < -0.39 is 0 Å². The van der Waals surface area contributed by atoms with Crippen molar-refractivity contribution in [1.29, 1.82) is 0 Å². The molecule has 102 valence electrons. The second-order valence-corrected chi connectivity index (χ2v) is 4.61. The second kappa shape index (κ2) is 6.98. The van der Waals surface area contributed by atoms with E-state index >= 15 is 0 Å². The van der Waals surface area contributed by atoms with Crippen molar-refractivity contribution in [3.63, 3.8) is 0 Å². The van der Waals surface area contributed by atoms with Crippen LogP contribution in [0.4, 0.5) is 0 Å². The predicted octanol–water partition coefficient (Wildman–Crippen LogP) is 3.70. The molecule has 0 saturated carbocycles. The molecule has 0 radical (unpaired) electrons. The number of rotatable bonds is 4. The molecule has 0 N–H and O–H groups in total. The summed E-state index contributed by atoms with van der Waals surface area (Å²) in [5, 5.41) is 0. The van der Waals surface area contributed by atoms with Gasteiger partial charge in [0.2, 0.25) is 0 Å². The minimum absolute atomic E-state index is 0.188. The smallest absolute Gasteiger partial charge is 0.162 e. The number of aryl methyl sites for hydroxylation is 1. The van der Waals surface area contributed by atoms with Crippen LogP contribution in [0, 0.1) is 0 Å². The minimum atomic E-state index is 0.188. The molecule has 0 aromatic heterocycles. The zero-order valence-corrected chi connectivity index (χ0v) is 12.4. The average Bonchev–Trinajstić information content (AvgIpc) is 2.42. The zero-order valence-electron chi connectivity index (χ0n) is 12.4. The molecule has 0 saturated heterocycles. The fourth-order valence-corrected chi connectivity index (χ4v) is 1.94. The number of carbonyl (C=O) groups is 1. The Balaban J connectivity index is 3.27. The predicted molar refractivity (Wildman–Crippen MR) is 81.7 cm³/mol. The summed E-state index contributed by atoms with van der Waals surface area (Å²) in [5.74, 6) is 0.902. The van der Waals surface area contributed by atoms with E-state index in [9.17, 15) is 4.79 Å². The van der Waals surface area contributed by atoms with Gasteiger partial charge in [-0.2, -0.15) is 0 Å². The van der Waals surface area contributed by atoms with E-state index in [4.69, 9.17) is 0 Å². The fourth-order valence-electron chi connectivity index (χ4n) is 1.94. The van der Waals surface area contributed by atoms with Gasteiger partial charge in [-0.15, -0.1) is 0 Å². The number of benzene rings is 1. The van der Waals surface area contributed by atoms with Crippen molar-refractivity contribution in [2.24, 2.45) is 9.98 Å². The number of hydrogen-bond donors (Lipinski definition) is 0. The lowest BCUT2D eigenvalue weighted by atomic mass is 9.97. The lowest BCUT2D eigenvalue weighted by molar-refractivity contribution is 0.0987. The van der Waals surface area contributed by atoms with Gasteiger partial charge >= 0.3 is 0 Å². The molecule has 0 atom stereocenters. The molecule has 3 heteroatoms. The number of hydrogen-bond acceptors (Lipinski definition) is 2. The number of carbonyl (C=O) groups excluding carboxylic acids is 1. The molecule has 0 aliphatic heterocycles. The number of ketones is 1. The van der Waals surface area contributed by atoms with Crippen molar-refractivity contribution in [3.8, 4) is 0 Å². The van der Waals surface area contributed by atoms with Crippen LogP contribution < -0.4 is 0 Å². The zero-order chi connectivity index (χ0) is 14.4. The molecule has 1 aromatic rings. The van der Waals surface area contributed by atoms with Gasteiger partial charge < -0.3 is 0 Å². The highest BCUT2D eigenvalue weighted by Crippen LogP contribution is 2.16. The van der Waals surface area contributed by atoms with E-state index in [1.807, 2.05) is 39.0 Å². The van der Waals surface area contributed by atoms with Crippen LogP contribution in [0.3, 0.4) is 0 Å². The van der Waals surface area contributed by atoms with Gasteiger partial charge in [-0.25, -0.2) is 4.99 Å². The van der Waals surface area contributed by atoms with Crippen LogP contribution in [0.5, 0.6) is 0 Å². The summed E-state index contributed by atoms with van der Waals surface area (Å²) in [6, 6.07) is 5.85. The summed E-state index contributed by atoms with van der Waals surface area (Å²) in [5.41, 5.74) is 3.82. The Labute approximate surface area is 115 Å². The molecular weight excluding hydrogens is 236 g/mol. The molecule has 0 bridgehead atoms. The van der Waals surface area contributed by atoms with Crippen LogP contribution in [-0.2, 0) is 6.42 Å². The highest BCUT2D eigenvalue weighted by Gasteiger charge is 2.11. The monoisotopic (exact) mass is 258 g/mol. The Bertz CT molecular complexity index is 524. The van der Waals surface area contributed by atoms with Gasteiger partial charge in [-0.1, -0.05) is 26.0 Å². The molecule has 1 aromatic carbocycles. The summed E-state index contributed by atoms with van der Waals surface area (Å²) < 4.78 is 0. The quantitative estimate of drug-likeness (QED) is 0.461. The molecule has 0 spiro atoms. The van der Waals surface area contributed by atoms with E-state index in [1.165, 1.54) is 0 Å². The highest BCUT2D eigenvalue weighted by atomic mass is 16.1. The number of aliphatic imine (C=N–C) groups is 2. The van der Waals surface area contributed by atoms with Gasteiger partial charge in [0.25, 0.3) is 0 Å². The maximum absolute atomic E-state index is 11.9. The highest BCUT2D eigenvalue weighted by molar-refractivity contribution is 6.07. The van der Waals surface area contributed by atoms with Gasteiger partial charge in [-0.05, 0) is 31.9 Å². The lowest BCUT2D eigenvalue weighted by Gasteiger charge is -2.09. The van der Waals surface area contributed by atoms with Gasteiger partial charge in [0.1, 0.15) is 0 Å². The summed E-state index contributed by atoms with van der Waals surface area (Å²) in [6.45, 7) is 7.84. The maximum atomic E-state index is 11.9. The normalized spacial score (nSPS) is 11.3. The van der Waals surface area contributed by atoms with Gasteiger partial charge in [0, 0.05) is 30.3 Å². The third-order valence-corrected chi connectivity index (χ3v) is 2.91. The molecule has 1 rings (SSSR count). The number of Topliss-reactive ketones (excluding diaryl/α,β-unsaturated/α-hetero) is 1. The molecule has 0 aliphatic carbocycles. The topological polar surface area (TPSA) is 41.8 Å². The summed E-state index contributed by atoms with van der Waals surface area (Å²) in [7, 11) is 1.73. The number of nitrogens with zero attached hydrogens (tertiary/aromatic N) is 2. The SMILES string of the molecule is CCC(=O)c1ccc(C(N=C(C)C)=NC)cc1CC. The van der Waals surface area contributed by atoms with Crippen LogP contribution in [0.1, 0.15) is 55.6 Å². The van der Waals surface area contributed by atoms with Crippen molar-refractivity contribution >= 4 is 17.3 Å². The third-order valence-electron chi connectivity index (χ3n) is 2.91. The number of amidine groups is 1. The molecule has 0 unspecified atom stereocenters. The minimum Gasteiger partial charge on any atom is -0.294 e. The Morgan fingerprint density at radius 2 is 1.89 bits per heavy atom. The second-order valence-electron chi connectivity index (χ2n) is 4.61. The lowest BCUT2D eigenvalue weighted by Crippen LogP contribution is -2.06. The van der Waals surface area contributed by atoms with E-state index in [0.717, 1.165) is 28.8 Å². The molecule has 0 amide bonds. The Kier molecular flexibility index (Phi) is 5.61. The first-order valence-electron chi connectivity index (χ1n) is 6.68. The molecule has 0 fully saturated rings. The van der Waals surface area contributed by atoms with Crippen LogP contribution in [-0.4, -0.2) is 24.4 Å². The summed E-state index contributed by atoms with van der Waals surface area (Å²) >= 11 is 0. The van der Waals surface area contributed by atoms with Crippen LogP contribution in [0.15, 0.2) is 28.2 Å². The van der Waals surface area contributed by atoms with E-state index in [1.54, 1.807) is 7.05 Å². The van der Waals surface area contributed by atoms with Crippen molar-refractivity contribution in [2.45, 2.75) is 40.5 Å². The van der Waals surface area contributed by atoms with Gasteiger partial charge in [0.05, 0.1) is 0 Å². The molecule has 19 heavy (non-hydrogen) atoms. The van der Waals surface area contributed by atoms with Crippen LogP contribution in [0.25, 0.3) is 0 Å². The molecule has 3 nitrogen and oxygen atoms in total. The van der Waals surface area contributed by atoms with E-state index in [0.29, 0.717) is 12.3 Å². The van der Waals surface area contributed by atoms with E-state index in [2.05, 4.69) is 16.9 Å². The molecular formula is C16H22N2O. The third kappa shape index (κ3) is 3.85.